The molecule has 1 unspecified atom stereocenters. The molecule has 27 heavy (non-hydrogen) atoms. The average Bonchev–Trinajstić information content (AvgIpc) is 2.95. The topological polar surface area (TPSA) is 211 Å². The van der Waals surface area contributed by atoms with Crippen LogP contribution >= 0.6 is 7.60 Å². The van der Waals surface area contributed by atoms with Crippen LogP contribution < -0.4 is 5.73 Å². The number of carboxylic acid groups (broad SMARTS) is 2. The Morgan fingerprint density at radius 1 is 1.26 bits per heavy atom. The van der Waals surface area contributed by atoms with E-state index in [4.69, 9.17) is 30.5 Å². The van der Waals surface area contributed by atoms with Gasteiger partial charge in [0.25, 0.3) is 0 Å². The summed E-state index contributed by atoms with van der Waals surface area (Å²) in [6, 6.07) is 0. The standard InChI is InChI=1S/C9H14N5O4P.C4H4O4/c1-6(18-5-19(15,16)17)2-14-4-13-7-8(10)11-3-12-9(7)14;5-3(6)1-2-4(7)8/h3-4,6H,2,5H2,1H3,(H2,10,11,12)(H2,15,16,17);1-2H,(H,5,6)(H,7,8). The number of rotatable bonds is 7. The molecule has 0 amide bonds. The molecule has 14 heteroatoms. The fourth-order valence-electron chi connectivity index (χ4n) is 1.73. The molecule has 0 saturated heterocycles. The molecule has 2 aromatic heterocycles. The number of nitrogen functional groups attached to an aromatic ring is 1. The Kier molecular flexibility index (Phi) is 7.99. The summed E-state index contributed by atoms with van der Waals surface area (Å²) in [5, 5.41) is 15.6. The number of hydrogen-bond acceptors (Lipinski definition) is 8. The molecule has 0 fully saturated rings. The van der Waals surface area contributed by atoms with Crippen molar-refractivity contribution in [3.63, 3.8) is 0 Å². The van der Waals surface area contributed by atoms with Crippen molar-refractivity contribution in [3.05, 3.63) is 24.8 Å². The summed E-state index contributed by atoms with van der Waals surface area (Å²) in [5.41, 5.74) is 6.70. The zero-order valence-corrected chi connectivity index (χ0v) is 14.9. The molecule has 0 radical (unpaired) electrons. The maximum atomic E-state index is 10.7. The van der Waals surface area contributed by atoms with Crippen molar-refractivity contribution in [1.29, 1.82) is 0 Å². The van der Waals surface area contributed by atoms with Gasteiger partial charge in [-0.2, -0.15) is 0 Å². The van der Waals surface area contributed by atoms with Gasteiger partial charge in [0, 0.05) is 12.2 Å². The third-order valence-electron chi connectivity index (χ3n) is 2.78. The van der Waals surface area contributed by atoms with Gasteiger partial charge in [0.2, 0.25) is 0 Å². The molecular formula is C13H18N5O8P. The Labute approximate surface area is 152 Å². The number of hydrogen-bond donors (Lipinski definition) is 5. The molecule has 1 atom stereocenters. The Balaban J connectivity index is 0.000000387. The second-order valence-electron chi connectivity index (χ2n) is 5.11. The number of fused-ring (bicyclic) bond motifs is 1. The van der Waals surface area contributed by atoms with Gasteiger partial charge in [0.05, 0.1) is 19.0 Å². The van der Waals surface area contributed by atoms with Crippen LogP contribution in [0.4, 0.5) is 5.82 Å². The van der Waals surface area contributed by atoms with E-state index in [9.17, 15) is 14.2 Å². The van der Waals surface area contributed by atoms with Crippen LogP contribution in [0.2, 0.25) is 0 Å². The van der Waals surface area contributed by atoms with E-state index in [0.29, 0.717) is 29.9 Å². The number of nitrogens with zero attached hydrogens (tertiary/aromatic N) is 4. The van der Waals surface area contributed by atoms with Crippen molar-refractivity contribution in [2.24, 2.45) is 0 Å². The van der Waals surface area contributed by atoms with Crippen molar-refractivity contribution < 1.29 is 38.9 Å². The number of ether oxygens (including phenoxy) is 1. The number of aromatic nitrogens is 4. The SMILES string of the molecule is CC(Cn1cnc2c(N)ncnc21)OCP(=O)(O)O.O=C(O)C=CC(=O)O. The summed E-state index contributed by atoms with van der Waals surface area (Å²) in [4.78, 5) is 48.5. The zero-order chi connectivity index (χ0) is 20.6. The van der Waals surface area contributed by atoms with E-state index >= 15 is 0 Å². The van der Waals surface area contributed by atoms with Gasteiger partial charge in [-0.05, 0) is 6.92 Å². The lowest BCUT2D eigenvalue weighted by Crippen LogP contribution is -2.17. The third-order valence-corrected chi connectivity index (χ3v) is 3.26. The first kappa shape index (κ1) is 22.2. The first-order valence-corrected chi connectivity index (χ1v) is 9.00. The van der Waals surface area contributed by atoms with Gasteiger partial charge in [-0.3, -0.25) is 4.57 Å². The molecular weight excluding hydrogens is 385 g/mol. The van der Waals surface area contributed by atoms with Crippen molar-refractivity contribution in [1.82, 2.24) is 19.5 Å². The molecule has 0 aliphatic carbocycles. The van der Waals surface area contributed by atoms with E-state index in [1.807, 2.05) is 0 Å². The molecule has 13 nitrogen and oxygen atoms in total. The lowest BCUT2D eigenvalue weighted by Gasteiger charge is -2.14. The van der Waals surface area contributed by atoms with Crippen molar-refractivity contribution in [3.8, 4) is 0 Å². The van der Waals surface area contributed by atoms with Gasteiger partial charge in [0.15, 0.2) is 11.5 Å². The molecule has 0 spiro atoms. The monoisotopic (exact) mass is 403 g/mol. The summed E-state index contributed by atoms with van der Waals surface area (Å²) >= 11 is 0. The Morgan fingerprint density at radius 2 is 1.85 bits per heavy atom. The summed E-state index contributed by atoms with van der Waals surface area (Å²) in [5.74, 6) is -2.23. The fourth-order valence-corrected chi connectivity index (χ4v) is 2.18. The number of carbonyl (C=O) groups is 2. The molecule has 2 aromatic rings. The Bertz CT molecular complexity index is 861. The van der Waals surface area contributed by atoms with Crippen LogP contribution in [0.5, 0.6) is 0 Å². The maximum absolute atomic E-state index is 10.7. The van der Waals surface area contributed by atoms with Crippen LogP contribution in [0, 0.1) is 0 Å². The minimum atomic E-state index is -4.16. The predicted molar refractivity (Wildman–Crippen MR) is 91.6 cm³/mol. The van der Waals surface area contributed by atoms with E-state index in [0.717, 1.165) is 0 Å². The molecule has 0 bridgehead atoms. The second-order valence-corrected chi connectivity index (χ2v) is 6.70. The summed E-state index contributed by atoms with van der Waals surface area (Å²) in [6.07, 6.45) is 2.97. The van der Waals surface area contributed by atoms with Gasteiger partial charge >= 0.3 is 19.5 Å². The summed E-state index contributed by atoms with van der Waals surface area (Å²) in [7, 11) is -4.16. The normalized spacial score (nSPS) is 12.6. The van der Waals surface area contributed by atoms with Crippen LogP contribution in [-0.2, 0) is 25.4 Å². The Hall–Kier alpha value is -2.86. The van der Waals surface area contributed by atoms with Crippen LogP contribution in [0.25, 0.3) is 11.2 Å². The first-order chi connectivity index (χ1) is 12.5. The lowest BCUT2D eigenvalue weighted by molar-refractivity contribution is -0.134. The molecule has 0 aromatic carbocycles. The molecule has 0 saturated carbocycles. The molecule has 6 N–H and O–H groups in total. The van der Waals surface area contributed by atoms with Crippen molar-refractivity contribution in [2.45, 2.75) is 19.6 Å². The van der Waals surface area contributed by atoms with Crippen LogP contribution in [0.15, 0.2) is 24.8 Å². The number of carboxylic acids is 2. The highest BCUT2D eigenvalue weighted by molar-refractivity contribution is 7.51. The average molecular weight is 403 g/mol. The number of imidazole rings is 1. The molecule has 2 rings (SSSR count). The summed E-state index contributed by atoms with van der Waals surface area (Å²) in [6.45, 7) is 2.05. The van der Waals surface area contributed by atoms with Crippen LogP contribution in [0.1, 0.15) is 6.92 Å². The highest BCUT2D eigenvalue weighted by Crippen LogP contribution is 2.34. The second kappa shape index (κ2) is 9.73. The van der Waals surface area contributed by atoms with E-state index in [2.05, 4.69) is 15.0 Å². The smallest absolute Gasteiger partial charge is 0.350 e. The summed E-state index contributed by atoms with van der Waals surface area (Å²) < 4.78 is 17.5. The van der Waals surface area contributed by atoms with Crippen molar-refractivity contribution in [2.75, 3.05) is 12.1 Å². The van der Waals surface area contributed by atoms with Gasteiger partial charge in [0.1, 0.15) is 18.2 Å². The fraction of sp³-hybridized carbons (Fsp3) is 0.308. The highest BCUT2D eigenvalue weighted by Gasteiger charge is 2.16. The maximum Gasteiger partial charge on any atom is 0.350 e. The predicted octanol–water partition coefficient (Wildman–Crippen LogP) is -0.339. The van der Waals surface area contributed by atoms with E-state index in [1.54, 1.807) is 11.5 Å². The van der Waals surface area contributed by atoms with Crippen molar-refractivity contribution >= 4 is 36.5 Å². The van der Waals surface area contributed by atoms with Crippen LogP contribution in [-0.4, -0.2) is 63.9 Å². The molecule has 148 valence electrons. The van der Waals surface area contributed by atoms with Crippen LogP contribution in [0.3, 0.4) is 0 Å². The minimum Gasteiger partial charge on any atom is -0.478 e. The molecule has 2 heterocycles. The van der Waals surface area contributed by atoms with Gasteiger partial charge < -0.3 is 35.0 Å². The highest BCUT2D eigenvalue weighted by atomic mass is 31.2. The Morgan fingerprint density at radius 3 is 2.37 bits per heavy atom. The third kappa shape index (κ3) is 8.37. The van der Waals surface area contributed by atoms with Gasteiger partial charge in [-0.1, -0.05) is 0 Å². The van der Waals surface area contributed by atoms with E-state index in [1.165, 1.54) is 12.7 Å². The quantitative estimate of drug-likeness (QED) is 0.297. The minimum absolute atomic E-state index is 0.285. The van der Waals surface area contributed by atoms with E-state index < -0.39 is 32.0 Å². The van der Waals surface area contributed by atoms with Gasteiger partial charge in [-0.25, -0.2) is 24.5 Å². The number of nitrogens with two attached hydrogens (primary N) is 1. The molecule has 0 aliphatic heterocycles. The van der Waals surface area contributed by atoms with Gasteiger partial charge in [-0.15, -0.1) is 0 Å². The largest absolute Gasteiger partial charge is 0.478 e. The molecule has 0 aliphatic rings. The van der Waals surface area contributed by atoms with E-state index in [-0.39, 0.29) is 5.82 Å². The first-order valence-electron chi connectivity index (χ1n) is 7.21. The number of aliphatic carboxylic acids is 2. The zero-order valence-electron chi connectivity index (χ0n) is 14.0. The number of anilines is 1. The lowest BCUT2D eigenvalue weighted by atomic mass is 10.4.